The topological polar surface area (TPSA) is 46.0 Å². The smallest absolute Gasteiger partial charge is 0.140 e. The lowest BCUT2D eigenvalue weighted by Gasteiger charge is -2.51. The summed E-state index contributed by atoms with van der Waals surface area (Å²) in [6.45, 7) is 14.6. The zero-order chi connectivity index (χ0) is 15.7. The first-order chi connectivity index (χ1) is 9.81. The van der Waals surface area contributed by atoms with Gasteiger partial charge in [0, 0.05) is 31.7 Å². The number of nitrogens with zero attached hydrogens (tertiary/aromatic N) is 4. The molecule has 1 aliphatic heterocycles. The van der Waals surface area contributed by atoms with E-state index in [-0.39, 0.29) is 11.0 Å². The van der Waals surface area contributed by atoms with Crippen molar-refractivity contribution in [3.05, 3.63) is 12.2 Å². The predicted molar refractivity (Wildman–Crippen MR) is 86.0 cm³/mol. The van der Waals surface area contributed by atoms with Crippen LogP contribution in [0.3, 0.4) is 0 Å². The van der Waals surface area contributed by atoms with E-state index in [9.17, 15) is 0 Å². The van der Waals surface area contributed by atoms with E-state index in [0.29, 0.717) is 6.04 Å². The largest absolute Gasteiger partial charge is 0.308 e. The monoisotopic (exact) mass is 293 g/mol. The molecule has 0 aliphatic carbocycles. The van der Waals surface area contributed by atoms with Crippen LogP contribution in [0.2, 0.25) is 0 Å². The second kappa shape index (κ2) is 6.05. The van der Waals surface area contributed by atoms with Gasteiger partial charge in [-0.15, -0.1) is 0 Å². The number of piperazine rings is 1. The molecule has 1 aliphatic rings. The van der Waals surface area contributed by atoms with Crippen molar-refractivity contribution in [2.45, 2.75) is 65.6 Å². The van der Waals surface area contributed by atoms with Crippen LogP contribution in [0.4, 0.5) is 0 Å². The van der Waals surface area contributed by atoms with Crippen molar-refractivity contribution >= 4 is 0 Å². The highest BCUT2D eigenvalue weighted by molar-refractivity contribution is 5.01. The minimum Gasteiger partial charge on any atom is -0.308 e. The van der Waals surface area contributed by atoms with Crippen LogP contribution in [0.5, 0.6) is 0 Å². The van der Waals surface area contributed by atoms with Gasteiger partial charge >= 0.3 is 0 Å². The van der Waals surface area contributed by atoms with Gasteiger partial charge in [0.25, 0.3) is 0 Å². The first-order valence-electron chi connectivity index (χ1n) is 8.13. The van der Waals surface area contributed by atoms with Gasteiger partial charge in [-0.25, -0.2) is 4.98 Å². The minimum absolute atomic E-state index is 0.236. The van der Waals surface area contributed by atoms with E-state index in [1.165, 1.54) is 0 Å². The number of aromatic nitrogens is 3. The Labute approximate surface area is 129 Å². The van der Waals surface area contributed by atoms with Crippen molar-refractivity contribution in [1.82, 2.24) is 25.0 Å². The third-order valence-electron chi connectivity index (χ3n) is 5.12. The fraction of sp³-hybridized carbons (Fsp3) is 0.875. The first-order valence-corrected chi connectivity index (χ1v) is 8.13. The van der Waals surface area contributed by atoms with E-state index in [0.717, 1.165) is 38.3 Å². The highest BCUT2D eigenvalue weighted by atomic mass is 15.3. The summed E-state index contributed by atoms with van der Waals surface area (Å²) in [6, 6.07) is 0.514. The molecule has 1 aromatic rings. The summed E-state index contributed by atoms with van der Waals surface area (Å²) in [5, 5.41) is 8.04. The lowest BCUT2D eigenvalue weighted by molar-refractivity contribution is 0.0108. The van der Waals surface area contributed by atoms with Crippen LogP contribution >= 0.6 is 0 Å². The van der Waals surface area contributed by atoms with Crippen molar-refractivity contribution < 1.29 is 0 Å². The molecule has 1 atom stereocenters. The summed E-state index contributed by atoms with van der Waals surface area (Å²) in [5.41, 5.74) is 0.486. The molecule has 0 radical (unpaired) electrons. The van der Waals surface area contributed by atoms with Gasteiger partial charge in [-0.2, -0.15) is 5.10 Å². The Balaban J connectivity index is 2.23. The highest BCUT2D eigenvalue weighted by Crippen LogP contribution is 2.32. The summed E-state index contributed by atoms with van der Waals surface area (Å²) in [7, 11) is 1.98. The van der Waals surface area contributed by atoms with Crippen molar-refractivity contribution in [1.29, 1.82) is 0 Å². The summed E-state index contributed by atoms with van der Waals surface area (Å²) >= 11 is 0. The number of hydrogen-bond acceptors (Lipinski definition) is 4. The molecule has 0 spiro atoms. The van der Waals surface area contributed by atoms with Crippen molar-refractivity contribution in [2.75, 3.05) is 13.1 Å². The maximum absolute atomic E-state index is 4.42. The normalized spacial score (nSPS) is 23.4. The molecule has 5 nitrogen and oxygen atoms in total. The number of rotatable bonds is 4. The van der Waals surface area contributed by atoms with Gasteiger partial charge in [0.15, 0.2) is 0 Å². The standard InChI is InChI=1S/C16H31N5/c1-7-16(8-2)11-21(10-14-17-12-19-20(14)6)13(9-18-16)15(3,4)5/h12-13,18H,7-11H2,1-6H3. The molecule has 1 unspecified atom stereocenters. The van der Waals surface area contributed by atoms with Crippen LogP contribution in [0.1, 0.15) is 53.3 Å². The maximum Gasteiger partial charge on any atom is 0.140 e. The fourth-order valence-electron chi connectivity index (χ4n) is 3.39. The Morgan fingerprint density at radius 2 is 2.00 bits per heavy atom. The average molecular weight is 293 g/mol. The zero-order valence-electron chi connectivity index (χ0n) is 14.5. The van der Waals surface area contributed by atoms with Gasteiger partial charge in [0.1, 0.15) is 12.2 Å². The molecule has 21 heavy (non-hydrogen) atoms. The third-order valence-corrected chi connectivity index (χ3v) is 5.12. The van der Waals surface area contributed by atoms with Crippen LogP contribution in [0, 0.1) is 5.41 Å². The second-order valence-electron chi connectivity index (χ2n) is 7.46. The van der Waals surface area contributed by atoms with E-state index in [1.54, 1.807) is 6.33 Å². The Kier molecular flexibility index (Phi) is 4.73. The summed E-state index contributed by atoms with van der Waals surface area (Å²) < 4.78 is 1.89. The molecule has 120 valence electrons. The molecule has 5 heteroatoms. The van der Waals surface area contributed by atoms with E-state index >= 15 is 0 Å². The van der Waals surface area contributed by atoms with E-state index in [4.69, 9.17) is 0 Å². The highest BCUT2D eigenvalue weighted by Gasteiger charge is 2.41. The molecule has 0 amide bonds. The average Bonchev–Trinajstić information content (AvgIpc) is 2.83. The summed E-state index contributed by atoms with van der Waals surface area (Å²) in [6.07, 6.45) is 3.97. The molecular formula is C16H31N5. The Morgan fingerprint density at radius 1 is 1.33 bits per heavy atom. The quantitative estimate of drug-likeness (QED) is 0.924. The van der Waals surface area contributed by atoms with Gasteiger partial charge in [-0.3, -0.25) is 9.58 Å². The van der Waals surface area contributed by atoms with E-state index in [2.05, 4.69) is 54.9 Å². The van der Waals surface area contributed by atoms with Crippen LogP contribution < -0.4 is 5.32 Å². The van der Waals surface area contributed by atoms with Crippen molar-refractivity contribution in [3.63, 3.8) is 0 Å². The molecule has 0 saturated carbocycles. The lowest BCUT2D eigenvalue weighted by Crippen LogP contribution is -2.66. The molecule has 2 heterocycles. The fourth-order valence-corrected chi connectivity index (χ4v) is 3.39. The molecule has 1 N–H and O–H groups in total. The van der Waals surface area contributed by atoms with Crippen molar-refractivity contribution in [2.24, 2.45) is 12.5 Å². The van der Waals surface area contributed by atoms with E-state index in [1.807, 2.05) is 11.7 Å². The molecule has 0 bridgehead atoms. The van der Waals surface area contributed by atoms with Crippen molar-refractivity contribution in [3.8, 4) is 0 Å². The Hall–Kier alpha value is -0.940. The van der Waals surface area contributed by atoms with E-state index < -0.39 is 0 Å². The number of hydrogen-bond donors (Lipinski definition) is 1. The molecule has 1 aromatic heterocycles. The Bertz CT molecular complexity index is 455. The number of aryl methyl sites for hydroxylation is 1. The molecule has 1 saturated heterocycles. The molecule has 2 rings (SSSR count). The van der Waals surface area contributed by atoms with Crippen LogP contribution in [0.15, 0.2) is 6.33 Å². The van der Waals surface area contributed by atoms with Gasteiger partial charge in [-0.1, -0.05) is 34.6 Å². The van der Waals surface area contributed by atoms with Crippen LogP contribution in [-0.4, -0.2) is 44.3 Å². The molecule has 1 fully saturated rings. The summed E-state index contributed by atoms with van der Waals surface area (Å²) in [5.74, 6) is 1.05. The van der Waals surface area contributed by atoms with Crippen LogP contribution in [-0.2, 0) is 13.6 Å². The lowest BCUT2D eigenvalue weighted by atomic mass is 9.80. The molecular weight excluding hydrogens is 262 g/mol. The number of nitrogens with one attached hydrogen (secondary N) is 1. The predicted octanol–water partition coefficient (Wildman–Crippen LogP) is 2.19. The maximum atomic E-state index is 4.42. The third kappa shape index (κ3) is 3.46. The van der Waals surface area contributed by atoms with Gasteiger partial charge < -0.3 is 5.32 Å². The second-order valence-corrected chi connectivity index (χ2v) is 7.46. The minimum atomic E-state index is 0.236. The first kappa shape index (κ1) is 16.4. The van der Waals surface area contributed by atoms with Gasteiger partial charge in [0.05, 0.1) is 6.54 Å². The SMILES string of the molecule is CCC1(CC)CN(Cc2ncnn2C)C(C(C)(C)C)CN1. The van der Waals surface area contributed by atoms with Gasteiger partial charge in [-0.05, 0) is 18.3 Å². The van der Waals surface area contributed by atoms with Gasteiger partial charge in [0.2, 0.25) is 0 Å². The summed E-state index contributed by atoms with van der Waals surface area (Å²) in [4.78, 5) is 7.02. The Morgan fingerprint density at radius 3 is 2.48 bits per heavy atom. The zero-order valence-corrected chi connectivity index (χ0v) is 14.5. The van der Waals surface area contributed by atoms with Crippen LogP contribution in [0.25, 0.3) is 0 Å². The molecule has 0 aromatic carbocycles.